The predicted molar refractivity (Wildman–Crippen MR) is 149 cm³/mol. The van der Waals surface area contributed by atoms with Crippen molar-refractivity contribution in [2.24, 2.45) is 11.3 Å². The molecule has 1 atom stereocenters. The van der Waals surface area contributed by atoms with E-state index in [2.05, 4.69) is 23.2 Å². The van der Waals surface area contributed by atoms with Gasteiger partial charge in [-0.3, -0.25) is 9.59 Å². The van der Waals surface area contributed by atoms with Crippen molar-refractivity contribution in [1.29, 1.82) is 0 Å². The molecule has 0 spiro atoms. The highest BCUT2D eigenvalue weighted by Gasteiger charge is 2.40. The highest BCUT2D eigenvalue weighted by molar-refractivity contribution is 7.18. The summed E-state index contributed by atoms with van der Waals surface area (Å²) in [6.07, 6.45) is -1.43. The predicted octanol–water partition coefficient (Wildman–Crippen LogP) is 4.58. The first-order valence-electron chi connectivity index (χ1n) is 14.0. The van der Waals surface area contributed by atoms with Crippen LogP contribution in [-0.4, -0.2) is 63.1 Å². The molecule has 0 N–H and O–H groups in total. The van der Waals surface area contributed by atoms with E-state index in [9.17, 15) is 22.8 Å². The summed E-state index contributed by atoms with van der Waals surface area (Å²) in [5.74, 6) is -1.08. The van der Waals surface area contributed by atoms with Crippen molar-refractivity contribution >= 4 is 45.3 Å². The first-order valence-corrected chi connectivity index (χ1v) is 14.8. The summed E-state index contributed by atoms with van der Waals surface area (Å²) in [5.41, 5.74) is -0.703. The van der Waals surface area contributed by atoms with Gasteiger partial charge >= 0.3 is 18.1 Å². The Morgan fingerprint density at radius 3 is 2.57 bits per heavy atom. The molecule has 1 fully saturated rings. The van der Waals surface area contributed by atoms with Gasteiger partial charge in [0.05, 0.1) is 23.3 Å². The second-order valence-electron chi connectivity index (χ2n) is 11.6. The van der Waals surface area contributed by atoms with Crippen LogP contribution in [0.3, 0.4) is 0 Å². The molecule has 3 aromatic rings. The Labute approximate surface area is 245 Å². The van der Waals surface area contributed by atoms with Gasteiger partial charge in [0.1, 0.15) is 10.6 Å². The average Bonchev–Trinajstić information content (AvgIpc) is 3.55. The van der Waals surface area contributed by atoms with Crippen LogP contribution in [0.4, 0.5) is 24.9 Å². The van der Waals surface area contributed by atoms with E-state index >= 15 is 0 Å². The average molecular weight is 610 g/mol. The van der Waals surface area contributed by atoms with Crippen molar-refractivity contribution in [1.82, 2.24) is 24.7 Å². The van der Waals surface area contributed by atoms with Crippen molar-refractivity contribution in [3.05, 3.63) is 22.6 Å². The Balaban J connectivity index is 1.37. The Morgan fingerprint density at radius 1 is 1.07 bits per heavy atom. The van der Waals surface area contributed by atoms with Gasteiger partial charge in [0.15, 0.2) is 5.82 Å². The number of thiophene rings is 1. The smallest absolute Gasteiger partial charge is 0.428 e. The van der Waals surface area contributed by atoms with E-state index in [1.165, 1.54) is 0 Å². The van der Waals surface area contributed by atoms with Crippen molar-refractivity contribution in [3.8, 4) is 0 Å². The fourth-order valence-electron chi connectivity index (χ4n) is 5.07. The van der Waals surface area contributed by atoms with Gasteiger partial charge in [-0.25, -0.2) is 4.98 Å². The Bertz CT molecular complexity index is 1470. The van der Waals surface area contributed by atoms with Crippen LogP contribution in [0.2, 0.25) is 0 Å². The SMILES string of the molecule is CCCc1cc2c(N3CCn4c(nnc4C(F)(F)F)C3)nc(N3CCCC(C(=O)OCOC(=O)C(C)(C)C)C3)nc2s1. The number of esters is 2. The number of hydrogen-bond acceptors (Lipinski definition) is 11. The lowest BCUT2D eigenvalue weighted by atomic mass is 9.98. The summed E-state index contributed by atoms with van der Waals surface area (Å²) < 4.78 is 51.6. The number of hydrogen-bond donors (Lipinski definition) is 0. The molecule has 1 saturated heterocycles. The van der Waals surface area contributed by atoms with Gasteiger partial charge in [-0.1, -0.05) is 13.3 Å². The van der Waals surface area contributed by atoms with Crippen LogP contribution in [0, 0.1) is 11.3 Å². The number of aryl methyl sites for hydroxylation is 1. The molecule has 15 heteroatoms. The molecular formula is C27H34F3N7O4S. The summed E-state index contributed by atoms with van der Waals surface area (Å²) in [7, 11) is 0. The van der Waals surface area contributed by atoms with Gasteiger partial charge in [-0.15, -0.1) is 21.5 Å². The summed E-state index contributed by atoms with van der Waals surface area (Å²) in [5, 5.41) is 8.06. The molecule has 0 radical (unpaired) electrons. The second-order valence-corrected chi connectivity index (χ2v) is 12.7. The van der Waals surface area contributed by atoms with E-state index < -0.39 is 42.1 Å². The van der Waals surface area contributed by atoms with Crippen LogP contribution in [0.1, 0.15) is 63.5 Å². The van der Waals surface area contributed by atoms with E-state index in [-0.39, 0.29) is 18.9 Å². The number of anilines is 2. The molecule has 228 valence electrons. The molecule has 0 saturated carbocycles. The minimum absolute atomic E-state index is 0.0708. The molecular weight excluding hydrogens is 575 g/mol. The zero-order valence-electron chi connectivity index (χ0n) is 24.0. The summed E-state index contributed by atoms with van der Waals surface area (Å²) in [6, 6.07) is 2.05. The first kappa shape index (κ1) is 30.0. The zero-order chi connectivity index (χ0) is 30.2. The van der Waals surface area contributed by atoms with Crippen LogP contribution in [-0.2, 0) is 44.7 Å². The van der Waals surface area contributed by atoms with Crippen LogP contribution < -0.4 is 9.80 Å². The molecule has 5 heterocycles. The zero-order valence-corrected chi connectivity index (χ0v) is 24.8. The lowest BCUT2D eigenvalue weighted by Crippen LogP contribution is -2.41. The molecule has 0 aromatic carbocycles. The largest absolute Gasteiger partial charge is 0.451 e. The third-order valence-electron chi connectivity index (χ3n) is 7.26. The Hall–Kier alpha value is -3.49. The van der Waals surface area contributed by atoms with E-state index in [1.54, 1.807) is 32.1 Å². The number of halogens is 3. The topological polar surface area (TPSA) is 116 Å². The molecule has 3 aromatic heterocycles. The van der Waals surface area contributed by atoms with Gasteiger partial charge in [0, 0.05) is 31.1 Å². The van der Waals surface area contributed by atoms with Crippen molar-refractivity contribution < 1.29 is 32.2 Å². The molecule has 0 aliphatic carbocycles. The molecule has 5 rings (SSSR count). The minimum atomic E-state index is -4.58. The Kier molecular flexibility index (Phi) is 8.32. The molecule has 0 bridgehead atoms. The highest BCUT2D eigenvalue weighted by Crippen LogP contribution is 2.37. The normalized spacial score (nSPS) is 17.8. The van der Waals surface area contributed by atoms with Gasteiger partial charge in [-0.2, -0.15) is 18.2 Å². The molecule has 1 unspecified atom stereocenters. The maximum absolute atomic E-state index is 13.4. The maximum Gasteiger partial charge on any atom is 0.451 e. The molecule has 42 heavy (non-hydrogen) atoms. The number of aromatic nitrogens is 5. The van der Waals surface area contributed by atoms with Crippen molar-refractivity contribution in [2.75, 3.05) is 36.2 Å². The van der Waals surface area contributed by atoms with E-state index in [0.29, 0.717) is 44.2 Å². The van der Waals surface area contributed by atoms with Crippen LogP contribution >= 0.6 is 11.3 Å². The van der Waals surface area contributed by atoms with Gasteiger partial charge in [-0.05, 0) is 46.1 Å². The van der Waals surface area contributed by atoms with Crippen LogP contribution in [0.5, 0.6) is 0 Å². The third-order valence-corrected chi connectivity index (χ3v) is 8.34. The summed E-state index contributed by atoms with van der Waals surface area (Å²) in [4.78, 5) is 40.3. The van der Waals surface area contributed by atoms with Crippen molar-refractivity contribution in [2.45, 2.75) is 72.6 Å². The van der Waals surface area contributed by atoms with E-state index in [1.807, 2.05) is 9.80 Å². The standard InChI is InChI=1S/C27H34F3N7O4S/c1-5-7-17-12-18-20(35-10-11-37-19(14-35)33-34-23(37)27(28,29)30)31-25(32-21(18)42-17)36-9-6-8-16(13-36)22(38)40-15-41-24(39)26(2,3)4/h12,16H,5-11,13-15H2,1-4H3. The highest BCUT2D eigenvalue weighted by atomic mass is 32.1. The lowest BCUT2D eigenvalue weighted by molar-refractivity contribution is -0.175. The Morgan fingerprint density at radius 2 is 1.86 bits per heavy atom. The first-order chi connectivity index (χ1) is 19.8. The van der Waals surface area contributed by atoms with E-state index in [4.69, 9.17) is 19.4 Å². The van der Waals surface area contributed by atoms with E-state index in [0.717, 1.165) is 32.5 Å². The number of ether oxygens (including phenoxy) is 2. The number of alkyl halides is 3. The van der Waals surface area contributed by atoms with Crippen LogP contribution in [0.15, 0.2) is 6.07 Å². The molecule has 2 aliphatic rings. The van der Waals surface area contributed by atoms with Crippen molar-refractivity contribution in [3.63, 3.8) is 0 Å². The maximum atomic E-state index is 13.4. The minimum Gasteiger partial charge on any atom is -0.428 e. The second kappa shape index (κ2) is 11.7. The van der Waals surface area contributed by atoms with Crippen LogP contribution in [0.25, 0.3) is 10.2 Å². The lowest BCUT2D eigenvalue weighted by Gasteiger charge is -2.33. The van der Waals surface area contributed by atoms with Gasteiger partial charge < -0.3 is 23.8 Å². The molecule has 11 nitrogen and oxygen atoms in total. The number of piperidine rings is 1. The number of nitrogens with zero attached hydrogens (tertiary/aromatic N) is 7. The quantitative estimate of drug-likeness (QED) is 0.278. The molecule has 2 aliphatic heterocycles. The number of carbonyl (C=O) groups is 2. The molecule has 0 amide bonds. The number of fused-ring (bicyclic) bond motifs is 2. The third kappa shape index (κ3) is 6.30. The fraction of sp³-hybridized carbons (Fsp3) is 0.630. The monoisotopic (exact) mass is 609 g/mol. The van der Waals surface area contributed by atoms with Gasteiger partial charge in [0.25, 0.3) is 0 Å². The summed E-state index contributed by atoms with van der Waals surface area (Å²) >= 11 is 1.57. The summed E-state index contributed by atoms with van der Waals surface area (Å²) in [6.45, 7) is 8.24. The van der Waals surface area contributed by atoms with Gasteiger partial charge in [0.2, 0.25) is 18.6 Å². The number of carbonyl (C=O) groups excluding carboxylic acids is 2. The fourth-order valence-corrected chi connectivity index (χ4v) is 6.19. The number of rotatable bonds is 7.